The first kappa shape index (κ1) is 19.3. The number of benzene rings is 1. The number of carbonyl (C=O) groups excluding carboxylic acids is 1. The summed E-state index contributed by atoms with van der Waals surface area (Å²) in [5.41, 5.74) is 0.418. The maximum Gasteiger partial charge on any atom is 0.311 e. The third-order valence-electron chi connectivity index (χ3n) is 3.73. The minimum Gasteiger partial charge on any atom is -0.489 e. The highest BCUT2D eigenvalue weighted by molar-refractivity contribution is 5.85. The van der Waals surface area contributed by atoms with Gasteiger partial charge in [-0.25, -0.2) is 0 Å². The molecule has 1 aromatic heterocycles. The maximum absolute atomic E-state index is 12.3. The van der Waals surface area contributed by atoms with Crippen LogP contribution >= 0.6 is 0 Å². The molecule has 0 fully saturated rings. The fourth-order valence-corrected chi connectivity index (χ4v) is 2.25. The number of aromatic nitrogens is 1. The number of aromatic amines is 1. The van der Waals surface area contributed by atoms with Crippen LogP contribution in [0, 0.1) is 5.41 Å². The Morgan fingerprint density at radius 3 is 2.52 bits per heavy atom. The third-order valence-corrected chi connectivity index (χ3v) is 3.73. The Labute approximate surface area is 150 Å². The van der Waals surface area contributed by atoms with Crippen LogP contribution in [-0.4, -0.2) is 35.7 Å². The van der Waals surface area contributed by atoms with Gasteiger partial charge in [-0.3, -0.25) is 4.79 Å². The second-order valence-electron chi connectivity index (χ2n) is 8.41. The van der Waals surface area contributed by atoms with Gasteiger partial charge in [0.15, 0.2) is 0 Å². The highest BCUT2D eigenvalue weighted by Crippen LogP contribution is 2.25. The molecular weight excluding hydrogens is 316 g/mol. The number of carbonyl (C=O) groups is 1. The number of hydrogen-bond donors (Lipinski definition) is 2. The fraction of sp³-hybridized carbons (Fsp3) is 0.550. The van der Waals surface area contributed by atoms with Crippen molar-refractivity contribution in [3.63, 3.8) is 0 Å². The molecule has 25 heavy (non-hydrogen) atoms. The molecule has 0 aliphatic carbocycles. The van der Waals surface area contributed by atoms with Gasteiger partial charge in [-0.2, -0.15) is 0 Å². The Hall–Kier alpha value is -2.01. The van der Waals surface area contributed by atoms with Crippen LogP contribution in [0.5, 0.6) is 5.75 Å². The van der Waals surface area contributed by atoms with Crippen molar-refractivity contribution in [1.82, 2.24) is 10.3 Å². The van der Waals surface area contributed by atoms with E-state index in [-0.39, 0.29) is 17.6 Å². The van der Waals surface area contributed by atoms with E-state index in [1.54, 1.807) is 0 Å². The molecule has 0 aliphatic rings. The average molecular weight is 346 g/mol. The molecule has 2 aromatic rings. The minimum absolute atomic E-state index is 0.0625. The molecule has 0 amide bonds. The van der Waals surface area contributed by atoms with E-state index in [2.05, 4.69) is 31.1 Å². The van der Waals surface area contributed by atoms with E-state index in [9.17, 15) is 4.79 Å². The molecule has 138 valence electrons. The molecule has 1 unspecified atom stereocenters. The van der Waals surface area contributed by atoms with E-state index < -0.39 is 5.41 Å². The number of H-pyrrole nitrogens is 1. The SMILES string of the molecule is CC(C)(C)NCC(COc1cccc2[nH]ccc12)OC(=O)C(C)(C)C. The van der Waals surface area contributed by atoms with Gasteiger partial charge >= 0.3 is 5.97 Å². The lowest BCUT2D eigenvalue weighted by Crippen LogP contribution is -2.45. The van der Waals surface area contributed by atoms with Crippen molar-refractivity contribution in [3.8, 4) is 5.75 Å². The summed E-state index contributed by atoms with van der Waals surface area (Å²) in [6.45, 7) is 12.6. The smallest absolute Gasteiger partial charge is 0.311 e. The van der Waals surface area contributed by atoms with Crippen molar-refractivity contribution < 1.29 is 14.3 Å². The van der Waals surface area contributed by atoms with Crippen molar-refractivity contribution in [1.29, 1.82) is 0 Å². The topological polar surface area (TPSA) is 63.4 Å². The van der Waals surface area contributed by atoms with E-state index in [1.807, 2.05) is 51.2 Å². The largest absolute Gasteiger partial charge is 0.489 e. The summed E-state index contributed by atoms with van der Waals surface area (Å²) >= 11 is 0. The van der Waals surface area contributed by atoms with Crippen molar-refractivity contribution in [3.05, 3.63) is 30.5 Å². The molecule has 0 spiro atoms. The first-order chi connectivity index (χ1) is 11.6. The Balaban J connectivity index is 2.06. The summed E-state index contributed by atoms with van der Waals surface area (Å²) < 4.78 is 11.7. The highest BCUT2D eigenvalue weighted by Gasteiger charge is 2.27. The van der Waals surface area contributed by atoms with Crippen molar-refractivity contribution in [2.45, 2.75) is 53.2 Å². The molecule has 5 nitrogen and oxygen atoms in total. The van der Waals surface area contributed by atoms with Gasteiger partial charge in [0, 0.05) is 29.2 Å². The Morgan fingerprint density at radius 1 is 1.16 bits per heavy atom. The zero-order chi connectivity index (χ0) is 18.7. The number of ether oxygens (including phenoxy) is 2. The standard InChI is InChI=1S/C20H30N2O3/c1-19(2,3)18(23)25-14(12-22-20(4,5)6)13-24-17-9-7-8-16-15(17)10-11-21-16/h7-11,14,21-22H,12-13H2,1-6H3. The van der Waals surface area contributed by atoms with Crippen LogP contribution in [0.15, 0.2) is 30.5 Å². The zero-order valence-corrected chi connectivity index (χ0v) is 16.1. The highest BCUT2D eigenvalue weighted by atomic mass is 16.6. The predicted octanol–water partition coefficient (Wildman–Crippen LogP) is 3.89. The number of fused-ring (bicyclic) bond motifs is 1. The molecule has 0 radical (unpaired) electrons. The summed E-state index contributed by atoms with van der Waals surface area (Å²) in [6.07, 6.45) is 1.52. The molecule has 5 heteroatoms. The van der Waals surface area contributed by atoms with Crippen LogP contribution in [0.2, 0.25) is 0 Å². The van der Waals surface area contributed by atoms with Crippen LogP contribution in [0.4, 0.5) is 0 Å². The van der Waals surface area contributed by atoms with Gasteiger partial charge in [-0.05, 0) is 59.7 Å². The monoisotopic (exact) mass is 346 g/mol. The van der Waals surface area contributed by atoms with Gasteiger partial charge in [-0.1, -0.05) is 6.07 Å². The summed E-state index contributed by atoms with van der Waals surface area (Å²) in [6, 6.07) is 7.85. The van der Waals surface area contributed by atoms with Gasteiger partial charge in [0.2, 0.25) is 0 Å². The lowest BCUT2D eigenvalue weighted by Gasteiger charge is -2.27. The van der Waals surface area contributed by atoms with Crippen molar-refractivity contribution >= 4 is 16.9 Å². The zero-order valence-electron chi connectivity index (χ0n) is 16.1. The third kappa shape index (κ3) is 5.78. The lowest BCUT2D eigenvalue weighted by molar-refractivity contribution is -0.160. The normalized spacial score (nSPS) is 13.7. The molecular formula is C20H30N2O3. The van der Waals surface area contributed by atoms with Gasteiger partial charge in [0.25, 0.3) is 0 Å². The number of rotatable bonds is 6. The molecule has 1 heterocycles. The Bertz CT molecular complexity index is 708. The van der Waals surface area contributed by atoms with Crippen molar-refractivity contribution in [2.75, 3.05) is 13.2 Å². The molecule has 2 N–H and O–H groups in total. The van der Waals surface area contributed by atoms with Gasteiger partial charge in [0.05, 0.1) is 5.41 Å². The van der Waals surface area contributed by atoms with Crippen LogP contribution in [0.3, 0.4) is 0 Å². The average Bonchev–Trinajstić information content (AvgIpc) is 2.97. The second kappa shape index (κ2) is 7.48. The fourth-order valence-electron chi connectivity index (χ4n) is 2.25. The van der Waals surface area contributed by atoms with Crippen LogP contribution in [0.1, 0.15) is 41.5 Å². The quantitative estimate of drug-likeness (QED) is 0.779. The first-order valence-corrected chi connectivity index (χ1v) is 8.71. The molecule has 2 rings (SSSR count). The van der Waals surface area contributed by atoms with Crippen molar-refractivity contribution in [2.24, 2.45) is 5.41 Å². The van der Waals surface area contributed by atoms with Gasteiger partial charge < -0.3 is 19.8 Å². The number of hydrogen-bond acceptors (Lipinski definition) is 4. The van der Waals surface area contributed by atoms with E-state index in [0.29, 0.717) is 13.2 Å². The first-order valence-electron chi connectivity index (χ1n) is 8.71. The van der Waals surface area contributed by atoms with Crippen LogP contribution < -0.4 is 10.1 Å². The summed E-state index contributed by atoms with van der Waals surface area (Å²) in [4.78, 5) is 15.4. The molecule has 0 aliphatic heterocycles. The number of nitrogens with one attached hydrogen (secondary N) is 2. The van der Waals surface area contributed by atoms with E-state index >= 15 is 0 Å². The van der Waals surface area contributed by atoms with Gasteiger partial charge in [0.1, 0.15) is 18.5 Å². The summed E-state index contributed by atoms with van der Waals surface area (Å²) in [5.74, 6) is 0.558. The molecule has 1 aromatic carbocycles. The summed E-state index contributed by atoms with van der Waals surface area (Å²) in [7, 11) is 0. The van der Waals surface area contributed by atoms with E-state index in [1.165, 1.54) is 0 Å². The summed E-state index contributed by atoms with van der Waals surface area (Å²) in [5, 5.41) is 4.40. The van der Waals surface area contributed by atoms with E-state index in [4.69, 9.17) is 9.47 Å². The number of esters is 1. The Kier molecular flexibility index (Phi) is 5.78. The predicted molar refractivity (Wildman–Crippen MR) is 101 cm³/mol. The maximum atomic E-state index is 12.3. The Morgan fingerprint density at radius 2 is 1.88 bits per heavy atom. The van der Waals surface area contributed by atoms with Gasteiger partial charge in [-0.15, -0.1) is 0 Å². The molecule has 0 saturated heterocycles. The molecule has 0 saturated carbocycles. The molecule has 1 atom stereocenters. The lowest BCUT2D eigenvalue weighted by atomic mass is 9.97. The van der Waals surface area contributed by atoms with Crippen LogP contribution in [-0.2, 0) is 9.53 Å². The minimum atomic E-state index is -0.541. The van der Waals surface area contributed by atoms with E-state index in [0.717, 1.165) is 16.7 Å². The second-order valence-corrected chi connectivity index (χ2v) is 8.41. The van der Waals surface area contributed by atoms with Crippen LogP contribution in [0.25, 0.3) is 10.9 Å². The molecule has 0 bridgehead atoms.